The van der Waals surface area contributed by atoms with E-state index in [0.29, 0.717) is 24.1 Å². The summed E-state index contributed by atoms with van der Waals surface area (Å²) >= 11 is 0. The van der Waals surface area contributed by atoms with Crippen molar-refractivity contribution in [1.29, 1.82) is 0 Å². The van der Waals surface area contributed by atoms with E-state index in [1.54, 1.807) is 25.3 Å². The third-order valence-corrected chi connectivity index (χ3v) is 4.60. The maximum Gasteiger partial charge on any atom is 0.269 e. The number of amides is 1. The number of non-ortho nitro benzene ring substituents is 1. The van der Waals surface area contributed by atoms with Crippen molar-refractivity contribution >= 4 is 23.2 Å². The van der Waals surface area contributed by atoms with Crippen molar-refractivity contribution in [3.63, 3.8) is 0 Å². The Hall–Kier alpha value is -3.93. The number of hydrogen-bond donors (Lipinski definition) is 1. The summed E-state index contributed by atoms with van der Waals surface area (Å²) in [5, 5.41) is 13.8. The lowest BCUT2D eigenvalue weighted by atomic mass is 10.0. The van der Waals surface area contributed by atoms with Crippen LogP contribution in [0.5, 0.6) is 5.75 Å². The Kier molecular flexibility index (Phi) is 6.95. The van der Waals surface area contributed by atoms with Crippen molar-refractivity contribution in [1.82, 2.24) is 5.32 Å². The van der Waals surface area contributed by atoms with E-state index in [9.17, 15) is 14.9 Å². The molecule has 0 saturated heterocycles. The minimum absolute atomic E-state index is 0.0114. The van der Waals surface area contributed by atoms with Gasteiger partial charge in [0.05, 0.1) is 12.0 Å². The van der Waals surface area contributed by atoms with Gasteiger partial charge in [0.1, 0.15) is 5.75 Å². The first-order valence-corrected chi connectivity index (χ1v) is 9.49. The zero-order valence-corrected chi connectivity index (χ0v) is 16.6. The van der Waals surface area contributed by atoms with Gasteiger partial charge < -0.3 is 10.1 Å². The molecule has 6 nitrogen and oxygen atoms in total. The molecule has 0 heterocycles. The van der Waals surface area contributed by atoms with Crippen LogP contribution in [0.25, 0.3) is 11.6 Å². The average Bonchev–Trinajstić information content (AvgIpc) is 2.78. The lowest BCUT2D eigenvalue weighted by Gasteiger charge is -2.10. The van der Waals surface area contributed by atoms with Crippen LogP contribution in [-0.4, -0.2) is 24.5 Å². The number of methoxy groups -OCH3 is 1. The average molecular weight is 402 g/mol. The summed E-state index contributed by atoms with van der Waals surface area (Å²) in [6, 6.07) is 23.2. The van der Waals surface area contributed by atoms with Gasteiger partial charge in [0.15, 0.2) is 0 Å². The molecule has 1 N–H and O–H groups in total. The topological polar surface area (TPSA) is 81.5 Å². The van der Waals surface area contributed by atoms with Crippen molar-refractivity contribution in [2.75, 3.05) is 13.7 Å². The summed E-state index contributed by atoms with van der Waals surface area (Å²) in [5.41, 5.74) is 3.09. The SMILES string of the molecule is COc1ccc(CCNC(=O)/C(=C/c2ccc([N+](=O)[O-])cc2)c2ccccc2)cc1. The number of ether oxygens (including phenoxy) is 1. The van der Waals surface area contributed by atoms with Crippen molar-refractivity contribution in [2.45, 2.75) is 6.42 Å². The summed E-state index contributed by atoms with van der Waals surface area (Å²) in [5.74, 6) is 0.591. The second kappa shape index (κ2) is 10.0. The van der Waals surface area contributed by atoms with E-state index in [1.807, 2.05) is 54.6 Å². The quantitative estimate of drug-likeness (QED) is 0.260. The summed E-state index contributed by atoms with van der Waals surface area (Å²) in [6.45, 7) is 0.482. The molecular weight excluding hydrogens is 380 g/mol. The third kappa shape index (κ3) is 5.54. The standard InChI is InChI=1S/C24H22N2O4/c1-30-22-13-9-18(10-14-22)15-16-25-24(27)23(20-5-3-2-4-6-20)17-19-7-11-21(12-8-19)26(28)29/h2-14,17H,15-16H2,1H3,(H,25,27)/b23-17+. The molecule has 0 bridgehead atoms. The lowest BCUT2D eigenvalue weighted by molar-refractivity contribution is -0.384. The molecule has 0 saturated carbocycles. The second-order valence-electron chi connectivity index (χ2n) is 6.63. The van der Waals surface area contributed by atoms with E-state index in [0.717, 1.165) is 16.9 Å². The molecular formula is C24H22N2O4. The van der Waals surface area contributed by atoms with Gasteiger partial charge >= 0.3 is 0 Å². The molecule has 3 rings (SSSR count). The van der Waals surface area contributed by atoms with E-state index in [4.69, 9.17) is 4.74 Å². The molecule has 3 aromatic rings. The predicted molar refractivity (Wildman–Crippen MR) is 117 cm³/mol. The van der Waals surface area contributed by atoms with E-state index in [1.165, 1.54) is 12.1 Å². The third-order valence-electron chi connectivity index (χ3n) is 4.60. The van der Waals surface area contributed by atoms with Crippen molar-refractivity contribution < 1.29 is 14.5 Å². The number of rotatable bonds is 8. The van der Waals surface area contributed by atoms with Gasteiger partial charge in [-0.15, -0.1) is 0 Å². The van der Waals surface area contributed by atoms with Gasteiger partial charge in [-0.05, 0) is 53.5 Å². The number of carbonyl (C=O) groups is 1. The number of nitro benzene ring substituents is 1. The summed E-state index contributed by atoms with van der Waals surface area (Å²) < 4.78 is 5.15. The van der Waals surface area contributed by atoms with Crippen molar-refractivity contribution in [3.8, 4) is 5.75 Å². The molecule has 0 aliphatic rings. The molecule has 0 unspecified atom stereocenters. The van der Waals surface area contributed by atoms with Gasteiger partial charge in [-0.2, -0.15) is 0 Å². The fraction of sp³-hybridized carbons (Fsp3) is 0.125. The van der Waals surface area contributed by atoms with E-state index < -0.39 is 4.92 Å². The largest absolute Gasteiger partial charge is 0.497 e. The molecule has 0 radical (unpaired) electrons. The maximum absolute atomic E-state index is 12.9. The van der Waals surface area contributed by atoms with Gasteiger partial charge in [0.2, 0.25) is 0 Å². The summed E-state index contributed by atoms with van der Waals surface area (Å²) in [7, 11) is 1.62. The molecule has 0 aromatic heterocycles. The number of benzene rings is 3. The lowest BCUT2D eigenvalue weighted by Crippen LogP contribution is -2.26. The van der Waals surface area contributed by atoms with Crippen LogP contribution in [0.15, 0.2) is 78.9 Å². The Morgan fingerprint density at radius 2 is 1.67 bits per heavy atom. The molecule has 0 aliphatic carbocycles. The molecule has 30 heavy (non-hydrogen) atoms. The van der Waals surface area contributed by atoms with Crippen LogP contribution in [0.1, 0.15) is 16.7 Å². The van der Waals surface area contributed by atoms with Crippen LogP contribution in [0.4, 0.5) is 5.69 Å². The van der Waals surface area contributed by atoms with Crippen LogP contribution in [0.2, 0.25) is 0 Å². The molecule has 152 valence electrons. The first-order valence-electron chi connectivity index (χ1n) is 9.49. The Balaban J connectivity index is 1.74. The second-order valence-corrected chi connectivity index (χ2v) is 6.63. The minimum atomic E-state index is -0.447. The molecule has 0 fully saturated rings. The molecule has 0 aliphatic heterocycles. The summed E-state index contributed by atoms with van der Waals surface area (Å²) in [4.78, 5) is 23.3. The fourth-order valence-electron chi connectivity index (χ4n) is 2.96. The van der Waals surface area contributed by atoms with Crippen LogP contribution in [0, 0.1) is 10.1 Å². The molecule has 0 spiro atoms. The Bertz CT molecular complexity index is 1030. The normalized spacial score (nSPS) is 11.0. The van der Waals surface area contributed by atoms with Gasteiger partial charge in [-0.25, -0.2) is 0 Å². The highest BCUT2D eigenvalue weighted by molar-refractivity contribution is 6.24. The Morgan fingerprint density at radius 3 is 2.27 bits per heavy atom. The number of carbonyl (C=O) groups excluding carboxylic acids is 1. The highest BCUT2D eigenvalue weighted by atomic mass is 16.6. The fourth-order valence-corrected chi connectivity index (χ4v) is 2.96. The highest BCUT2D eigenvalue weighted by Gasteiger charge is 2.12. The van der Waals surface area contributed by atoms with Gasteiger partial charge in [-0.3, -0.25) is 14.9 Å². The first-order chi connectivity index (χ1) is 14.6. The number of hydrogen-bond acceptors (Lipinski definition) is 4. The molecule has 6 heteroatoms. The highest BCUT2D eigenvalue weighted by Crippen LogP contribution is 2.20. The summed E-state index contributed by atoms with van der Waals surface area (Å²) in [6.07, 6.45) is 2.43. The van der Waals surface area contributed by atoms with Crippen LogP contribution < -0.4 is 10.1 Å². The van der Waals surface area contributed by atoms with Crippen molar-refractivity contribution in [3.05, 3.63) is 106 Å². The predicted octanol–water partition coefficient (Wildman–Crippen LogP) is 4.50. The van der Waals surface area contributed by atoms with Crippen LogP contribution in [0.3, 0.4) is 0 Å². The zero-order valence-electron chi connectivity index (χ0n) is 16.6. The Morgan fingerprint density at radius 1 is 1.00 bits per heavy atom. The number of nitro groups is 1. The number of nitrogens with one attached hydrogen (secondary N) is 1. The zero-order chi connectivity index (χ0) is 21.3. The first kappa shape index (κ1) is 20.8. The minimum Gasteiger partial charge on any atom is -0.497 e. The van der Waals surface area contributed by atoms with Gasteiger partial charge in [0.25, 0.3) is 11.6 Å². The monoisotopic (exact) mass is 402 g/mol. The molecule has 3 aromatic carbocycles. The molecule has 0 atom stereocenters. The molecule has 1 amide bonds. The smallest absolute Gasteiger partial charge is 0.269 e. The number of nitrogens with zero attached hydrogens (tertiary/aromatic N) is 1. The Labute approximate surface area is 175 Å². The van der Waals surface area contributed by atoms with Gasteiger partial charge in [0, 0.05) is 24.3 Å². The van der Waals surface area contributed by atoms with Crippen LogP contribution in [-0.2, 0) is 11.2 Å². The van der Waals surface area contributed by atoms with Crippen LogP contribution >= 0.6 is 0 Å². The van der Waals surface area contributed by atoms with E-state index >= 15 is 0 Å². The van der Waals surface area contributed by atoms with Gasteiger partial charge in [-0.1, -0.05) is 42.5 Å². The maximum atomic E-state index is 12.9. The van der Waals surface area contributed by atoms with E-state index in [-0.39, 0.29) is 11.6 Å². The van der Waals surface area contributed by atoms with Crippen molar-refractivity contribution in [2.24, 2.45) is 0 Å². The van der Waals surface area contributed by atoms with E-state index in [2.05, 4.69) is 5.32 Å².